The van der Waals surface area contributed by atoms with E-state index in [9.17, 15) is 4.79 Å². The van der Waals surface area contributed by atoms with Gasteiger partial charge < -0.3 is 15.0 Å². The molecule has 6 heteroatoms. The zero-order chi connectivity index (χ0) is 18.5. The maximum absolute atomic E-state index is 12.7. The molecular weight excluding hydrogens is 371 g/mol. The lowest BCUT2D eigenvalue weighted by Crippen LogP contribution is -2.39. The third-order valence-electron chi connectivity index (χ3n) is 4.62. The molecule has 2 aromatic carbocycles. The van der Waals surface area contributed by atoms with Crippen LogP contribution in [0.4, 0.5) is 0 Å². The van der Waals surface area contributed by atoms with Gasteiger partial charge in [0.05, 0.1) is 22.8 Å². The van der Waals surface area contributed by atoms with Gasteiger partial charge >= 0.3 is 0 Å². The minimum absolute atomic E-state index is 0.0145. The first kappa shape index (κ1) is 19.2. The number of rotatable bonds is 4. The first-order valence-electron chi connectivity index (χ1n) is 8.64. The largest absolute Gasteiger partial charge is 0.374 e. The number of carbonyl (C=O) groups is 1. The number of nitrogens with one attached hydrogen (secondary N) is 1. The van der Waals surface area contributed by atoms with E-state index in [2.05, 4.69) is 5.32 Å². The van der Waals surface area contributed by atoms with Gasteiger partial charge in [0, 0.05) is 38.2 Å². The topological polar surface area (TPSA) is 41.6 Å². The van der Waals surface area contributed by atoms with Crippen LogP contribution in [0.5, 0.6) is 0 Å². The van der Waals surface area contributed by atoms with Crippen molar-refractivity contribution in [2.45, 2.75) is 12.0 Å². The molecule has 138 valence electrons. The monoisotopic (exact) mass is 392 g/mol. The number of nitrogens with zero attached hydrogens (tertiary/aromatic N) is 1. The molecule has 1 aliphatic rings. The Bertz CT molecular complexity index is 755. The van der Waals surface area contributed by atoms with E-state index >= 15 is 0 Å². The van der Waals surface area contributed by atoms with E-state index in [0.29, 0.717) is 28.8 Å². The minimum atomic E-state index is -0.125. The predicted molar refractivity (Wildman–Crippen MR) is 105 cm³/mol. The van der Waals surface area contributed by atoms with Crippen LogP contribution in [0.2, 0.25) is 10.0 Å². The number of amides is 1. The Balaban J connectivity index is 1.78. The molecule has 1 N–H and O–H groups in total. The molecule has 1 saturated heterocycles. The van der Waals surface area contributed by atoms with E-state index in [1.165, 1.54) is 0 Å². The lowest BCUT2D eigenvalue weighted by Gasteiger charge is -2.29. The molecule has 0 spiro atoms. The Labute approximate surface area is 164 Å². The maximum Gasteiger partial charge on any atom is 0.253 e. The van der Waals surface area contributed by atoms with E-state index in [1.54, 1.807) is 11.0 Å². The van der Waals surface area contributed by atoms with E-state index in [4.69, 9.17) is 27.9 Å². The third-order valence-corrected chi connectivity index (χ3v) is 5.36. The van der Waals surface area contributed by atoms with Gasteiger partial charge in [-0.3, -0.25) is 4.79 Å². The number of benzene rings is 2. The Kier molecular flexibility index (Phi) is 6.54. The Morgan fingerprint density at radius 1 is 1.19 bits per heavy atom. The van der Waals surface area contributed by atoms with E-state index in [-0.39, 0.29) is 17.9 Å². The minimum Gasteiger partial charge on any atom is -0.374 e. The lowest BCUT2D eigenvalue weighted by molar-refractivity contribution is 0.0270. The van der Waals surface area contributed by atoms with Gasteiger partial charge in [0.1, 0.15) is 0 Å². The average molecular weight is 393 g/mol. The SMILES string of the molecule is CN(CC1OCCNCC1c1ccc(Cl)c(Cl)c1)C(=O)c1ccccc1. The second-order valence-corrected chi connectivity index (χ2v) is 7.26. The molecule has 0 bridgehead atoms. The molecule has 2 unspecified atom stereocenters. The van der Waals surface area contributed by atoms with Gasteiger partial charge in [0.25, 0.3) is 5.91 Å². The fraction of sp³-hybridized carbons (Fsp3) is 0.350. The van der Waals surface area contributed by atoms with Crippen LogP contribution >= 0.6 is 23.2 Å². The Morgan fingerprint density at radius 2 is 1.96 bits per heavy atom. The van der Waals surface area contributed by atoms with Crippen LogP contribution in [0.25, 0.3) is 0 Å². The van der Waals surface area contributed by atoms with Gasteiger partial charge in [-0.25, -0.2) is 0 Å². The van der Waals surface area contributed by atoms with Crippen LogP contribution in [-0.4, -0.2) is 50.2 Å². The normalized spacial score (nSPS) is 20.4. The molecule has 1 fully saturated rings. The molecule has 26 heavy (non-hydrogen) atoms. The van der Waals surface area contributed by atoms with Crippen LogP contribution in [0.3, 0.4) is 0 Å². The number of carbonyl (C=O) groups excluding carboxylic acids is 1. The predicted octanol–water partition coefficient (Wildman–Crippen LogP) is 3.84. The van der Waals surface area contributed by atoms with Gasteiger partial charge in [0.15, 0.2) is 0 Å². The quantitative estimate of drug-likeness (QED) is 0.859. The van der Waals surface area contributed by atoms with Crippen LogP contribution in [0.15, 0.2) is 48.5 Å². The van der Waals surface area contributed by atoms with E-state index in [1.807, 2.05) is 49.5 Å². The van der Waals surface area contributed by atoms with Crippen molar-refractivity contribution in [1.82, 2.24) is 10.2 Å². The zero-order valence-electron chi connectivity index (χ0n) is 14.6. The van der Waals surface area contributed by atoms with Crippen molar-refractivity contribution in [2.24, 2.45) is 0 Å². The van der Waals surface area contributed by atoms with Gasteiger partial charge in [0.2, 0.25) is 0 Å². The lowest BCUT2D eigenvalue weighted by atomic mass is 9.92. The zero-order valence-corrected chi connectivity index (χ0v) is 16.1. The van der Waals surface area contributed by atoms with E-state index in [0.717, 1.165) is 18.7 Å². The van der Waals surface area contributed by atoms with E-state index < -0.39 is 0 Å². The summed E-state index contributed by atoms with van der Waals surface area (Å²) >= 11 is 12.3. The second kappa shape index (κ2) is 8.87. The van der Waals surface area contributed by atoms with Crippen molar-refractivity contribution in [3.63, 3.8) is 0 Å². The molecule has 1 aliphatic heterocycles. The number of hydrogen-bond acceptors (Lipinski definition) is 3. The van der Waals surface area contributed by atoms with Gasteiger partial charge in [-0.1, -0.05) is 47.5 Å². The van der Waals surface area contributed by atoms with Crippen LogP contribution < -0.4 is 5.32 Å². The molecule has 2 aromatic rings. The summed E-state index contributed by atoms with van der Waals surface area (Å²) in [6.07, 6.45) is -0.125. The molecule has 0 aliphatic carbocycles. The van der Waals surface area contributed by atoms with Crippen molar-refractivity contribution < 1.29 is 9.53 Å². The molecular formula is C20H22Cl2N2O2. The number of likely N-dealkylation sites (N-methyl/N-ethyl adjacent to an activating group) is 1. The summed E-state index contributed by atoms with van der Waals surface area (Å²) in [5, 5.41) is 4.45. The molecule has 0 saturated carbocycles. The van der Waals surface area contributed by atoms with Crippen LogP contribution in [-0.2, 0) is 4.74 Å². The van der Waals surface area contributed by atoms with Crippen molar-refractivity contribution in [2.75, 3.05) is 33.3 Å². The Hall–Kier alpha value is -1.59. The Morgan fingerprint density at radius 3 is 2.69 bits per heavy atom. The summed E-state index contributed by atoms with van der Waals surface area (Å²) in [6.45, 7) is 2.65. The second-order valence-electron chi connectivity index (χ2n) is 6.45. The molecule has 1 heterocycles. The van der Waals surface area contributed by atoms with Crippen molar-refractivity contribution in [3.05, 3.63) is 69.7 Å². The highest BCUT2D eigenvalue weighted by Crippen LogP contribution is 2.30. The summed E-state index contributed by atoms with van der Waals surface area (Å²) in [6, 6.07) is 14.9. The molecule has 0 radical (unpaired) electrons. The first-order chi connectivity index (χ1) is 12.6. The van der Waals surface area contributed by atoms with Gasteiger partial charge in [-0.15, -0.1) is 0 Å². The van der Waals surface area contributed by atoms with Crippen molar-refractivity contribution >= 4 is 29.1 Å². The summed E-state index contributed by atoms with van der Waals surface area (Å²) in [5.74, 6) is 0.0672. The summed E-state index contributed by atoms with van der Waals surface area (Å²) in [7, 11) is 1.81. The van der Waals surface area contributed by atoms with Crippen molar-refractivity contribution in [3.8, 4) is 0 Å². The smallest absolute Gasteiger partial charge is 0.253 e. The number of ether oxygens (including phenoxy) is 1. The summed E-state index contributed by atoms with van der Waals surface area (Å²) in [4.78, 5) is 14.4. The number of hydrogen-bond donors (Lipinski definition) is 1. The fourth-order valence-electron chi connectivity index (χ4n) is 3.20. The van der Waals surface area contributed by atoms with Gasteiger partial charge in [-0.2, -0.15) is 0 Å². The third kappa shape index (κ3) is 4.57. The molecule has 0 aromatic heterocycles. The highest BCUT2D eigenvalue weighted by Gasteiger charge is 2.29. The number of halogens is 2. The maximum atomic E-state index is 12.7. The van der Waals surface area contributed by atoms with Gasteiger partial charge in [-0.05, 0) is 29.8 Å². The molecule has 1 amide bonds. The first-order valence-corrected chi connectivity index (χ1v) is 9.39. The van der Waals surface area contributed by atoms with Crippen molar-refractivity contribution in [1.29, 1.82) is 0 Å². The summed E-state index contributed by atoms with van der Waals surface area (Å²) < 4.78 is 6.06. The fourth-order valence-corrected chi connectivity index (χ4v) is 3.50. The average Bonchev–Trinajstić information content (AvgIpc) is 2.89. The molecule has 2 atom stereocenters. The van der Waals surface area contributed by atoms with Crippen LogP contribution in [0, 0.1) is 0 Å². The van der Waals surface area contributed by atoms with Crippen LogP contribution in [0.1, 0.15) is 21.8 Å². The standard InChI is InChI=1S/C20H22Cl2N2O2/c1-24(20(25)14-5-3-2-4-6-14)13-19-16(12-23-9-10-26-19)15-7-8-17(21)18(22)11-15/h2-8,11,16,19,23H,9-10,12-13H2,1H3. The highest BCUT2D eigenvalue weighted by atomic mass is 35.5. The highest BCUT2D eigenvalue weighted by molar-refractivity contribution is 6.42. The molecule has 3 rings (SSSR count). The summed E-state index contributed by atoms with van der Waals surface area (Å²) in [5.41, 5.74) is 1.73. The molecule has 4 nitrogen and oxygen atoms in total.